The molecule has 0 saturated heterocycles. The Hall–Kier alpha value is -2.42. The summed E-state index contributed by atoms with van der Waals surface area (Å²) in [5, 5.41) is 7.79. The Labute approximate surface area is 156 Å². The van der Waals surface area contributed by atoms with Crippen LogP contribution in [0.25, 0.3) is 5.69 Å². The van der Waals surface area contributed by atoms with Crippen LogP contribution in [0.15, 0.2) is 58.6 Å². The molecule has 3 rings (SSSR count). The quantitative estimate of drug-likeness (QED) is 0.693. The van der Waals surface area contributed by atoms with Gasteiger partial charge in [-0.2, -0.15) is 5.10 Å². The van der Waals surface area contributed by atoms with E-state index in [0.717, 1.165) is 0 Å². The van der Waals surface area contributed by atoms with E-state index >= 15 is 0 Å². The molecule has 0 unspecified atom stereocenters. The first kappa shape index (κ1) is 18.4. The van der Waals surface area contributed by atoms with Crippen molar-refractivity contribution in [3.8, 4) is 11.6 Å². The molecule has 2 aromatic heterocycles. The van der Waals surface area contributed by atoms with Crippen LogP contribution in [0, 0.1) is 0 Å². The van der Waals surface area contributed by atoms with Crippen molar-refractivity contribution in [3.63, 3.8) is 0 Å². The van der Waals surface area contributed by atoms with E-state index in [1.165, 1.54) is 36.2 Å². The molecule has 136 valence electrons. The Morgan fingerprint density at radius 2 is 2.00 bits per heavy atom. The molecule has 1 aromatic carbocycles. The van der Waals surface area contributed by atoms with Crippen LogP contribution >= 0.6 is 11.6 Å². The molecular formula is C17H17ClN4O3S. The minimum Gasteiger partial charge on any atom is -0.481 e. The van der Waals surface area contributed by atoms with Crippen molar-refractivity contribution in [1.29, 1.82) is 0 Å². The molecule has 0 aliphatic heterocycles. The molecule has 2 heterocycles. The number of halogens is 1. The fourth-order valence-corrected chi connectivity index (χ4v) is 4.07. The molecule has 0 bridgehead atoms. The zero-order valence-electron chi connectivity index (χ0n) is 14.2. The highest BCUT2D eigenvalue weighted by Gasteiger charge is 2.26. The maximum atomic E-state index is 13.2. The zero-order valence-corrected chi connectivity index (χ0v) is 15.8. The van der Waals surface area contributed by atoms with Crippen LogP contribution in [0.5, 0.6) is 5.88 Å². The Morgan fingerprint density at radius 1 is 1.23 bits per heavy atom. The normalized spacial score (nSPS) is 11.5. The molecule has 0 saturated carbocycles. The zero-order chi connectivity index (χ0) is 18.7. The highest BCUT2D eigenvalue weighted by atomic mass is 35.5. The molecule has 0 aliphatic rings. The van der Waals surface area contributed by atoms with E-state index < -0.39 is 9.84 Å². The molecule has 1 N–H and O–H groups in total. The largest absolute Gasteiger partial charge is 0.481 e. The molecule has 0 spiro atoms. The maximum Gasteiger partial charge on any atom is 0.224 e. The summed E-state index contributed by atoms with van der Waals surface area (Å²) in [5.41, 5.74) is 1.06. The highest BCUT2D eigenvalue weighted by molar-refractivity contribution is 7.91. The molecule has 26 heavy (non-hydrogen) atoms. The average Bonchev–Trinajstić information content (AvgIpc) is 3.07. The number of sulfone groups is 1. The van der Waals surface area contributed by atoms with Crippen LogP contribution < -0.4 is 10.1 Å². The number of pyridine rings is 1. The van der Waals surface area contributed by atoms with Crippen LogP contribution in [0.4, 0.5) is 0 Å². The third-order valence-corrected chi connectivity index (χ3v) is 5.70. The van der Waals surface area contributed by atoms with Gasteiger partial charge in [-0.3, -0.25) is 0 Å². The van der Waals surface area contributed by atoms with Crippen molar-refractivity contribution in [2.75, 3.05) is 14.2 Å². The lowest BCUT2D eigenvalue weighted by atomic mass is 10.3. The van der Waals surface area contributed by atoms with Crippen LogP contribution in [0.3, 0.4) is 0 Å². The second-order valence-electron chi connectivity index (χ2n) is 5.40. The number of benzene rings is 1. The van der Waals surface area contributed by atoms with Crippen molar-refractivity contribution < 1.29 is 13.2 Å². The standard InChI is InChI=1S/C17H17ClN4O3S/c1-19-11-12-9-17(22(21-12)15-6-4-3-5-14(15)18)26(23,24)13-7-8-20-16(10-13)25-2/h3-10,19H,11H2,1-2H3. The number of rotatable bonds is 6. The van der Waals surface area contributed by atoms with Crippen molar-refractivity contribution in [2.45, 2.75) is 16.5 Å². The first-order valence-corrected chi connectivity index (χ1v) is 9.57. The molecular weight excluding hydrogens is 376 g/mol. The van der Waals surface area contributed by atoms with Gasteiger partial charge in [0.1, 0.15) is 0 Å². The molecule has 7 nitrogen and oxygen atoms in total. The minimum absolute atomic E-state index is 0.0177. The van der Waals surface area contributed by atoms with Gasteiger partial charge < -0.3 is 10.1 Å². The lowest BCUT2D eigenvalue weighted by Crippen LogP contribution is -2.11. The van der Waals surface area contributed by atoms with E-state index in [2.05, 4.69) is 15.4 Å². The summed E-state index contributed by atoms with van der Waals surface area (Å²) in [6.07, 6.45) is 1.39. The van der Waals surface area contributed by atoms with Gasteiger partial charge >= 0.3 is 0 Å². The van der Waals surface area contributed by atoms with E-state index in [4.69, 9.17) is 16.3 Å². The molecule has 0 aliphatic carbocycles. The smallest absolute Gasteiger partial charge is 0.224 e. The second-order valence-corrected chi connectivity index (χ2v) is 7.71. The van der Waals surface area contributed by atoms with Gasteiger partial charge in [-0.25, -0.2) is 18.1 Å². The maximum absolute atomic E-state index is 13.2. The summed E-state index contributed by atoms with van der Waals surface area (Å²) in [6.45, 7) is 0.416. The van der Waals surface area contributed by atoms with Crippen LogP contribution in [0.1, 0.15) is 5.69 Å². The lowest BCUT2D eigenvalue weighted by molar-refractivity contribution is 0.396. The van der Waals surface area contributed by atoms with Crippen molar-refractivity contribution in [1.82, 2.24) is 20.1 Å². The number of nitrogens with zero attached hydrogens (tertiary/aromatic N) is 3. The number of aromatic nitrogens is 3. The second kappa shape index (κ2) is 7.45. The van der Waals surface area contributed by atoms with Crippen molar-refractivity contribution in [2.24, 2.45) is 0 Å². The SMILES string of the molecule is CNCc1cc(S(=O)(=O)c2ccnc(OC)c2)n(-c2ccccc2Cl)n1. The Morgan fingerprint density at radius 3 is 2.69 bits per heavy atom. The number of hydrogen-bond donors (Lipinski definition) is 1. The van der Waals surface area contributed by atoms with E-state index in [1.807, 2.05) is 0 Å². The van der Waals surface area contributed by atoms with Gasteiger partial charge in [-0.15, -0.1) is 0 Å². The van der Waals surface area contributed by atoms with E-state index in [9.17, 15) is 8.42 Å². The van der Waals surface area contributed by atoms with Crippen molar-refractivity contribution in [3.05, 3.63) is 59.4 Å². The first-order chi connectivity index (χ1) is 12.5. The fraction of sp³-hybridized carbons (Fsp3) is 0.176. The van der Waals surface area contributed by atoms with E-state index in [1.54, 1.807) is 31.3 Å². The first-order valence-electron chi connectivity index (χ1n) is 7.71. The van der Waals surface area contributed by atoms with Gasteiger partial charge in [0.15, 0.2) is 5.03 Å². The summed E-state index contributed by atoms with van der Waals surface area (Å²) >= 11 is 6.26. The topological polar surface area (TPSA) is 86.1 Å². The van der Waals surface area contributed by atoms with Gasteiger partial charge in [-0.05, 0) is 25.2 Å². The van der Waals surface area contributed by atoms with Crippen LogP contribution in [-0.2, 0) is 16.4 Å². The molecule has 0 atom stereocenters. The number of nitrogens with one attached hydrogen (secondary N) is 1. The number of hydrogen-bond acceptors (Lipinski definition) is 6. The Kier molecular flexibility index (Phi) is 5.26. The molecule has 3 aromatic rings. The third kappa shape index (κ3) is 3.44. The minimum atomic E-state index is -3.87. The van der Waals surface area contributed by atoms with Crippen LogP contribution in [0.2, 0.25) is 5.02 Å². The molecule has 0 amide bonds. The molecule has 9 heteroatoms. The van der Waals surface area contributed by atoms with E-state index in [0.29, 0.717) is 22.9 Å². The summed E-state index contributed by atoms with van der Waals surface area (Å²) in [6, 6.07) is 11.3. The molecule has 0 radical (unpaired) electrons. The summed E-state index contributed by atoms with van der Waals surface area (Å²) in [4.78, 5) is 4.02. The Balaban J connectivity index is 2.21. The van der Waals surface area contributed by atoms with Gasteiger partial charge in [0.05, 0.1) is 28.4 Å². The molecule has 0 fully saturated rings. The monoisotopic (exact) mass is 392 g/mol. The van der Waals surface area contributed by atoms with E-state index in [-0.39, 0.29) is 15.8 Å². The number of ether oxygens (including phenoxy) is 1. The lowest BCUT2D eigenvalue weighted by Gasteiger charge is -2.10. The third-order valence-electron chi connectivity index (χ3n) is 3.67. The van der Waals surface area contributed by atoms with Crippen molar-refractivity contribution >= 4 is 21.4 Å². The number of para-hydroxylation sites is 1. The van der Waals surface area contributed by atoms with Gasteiger partial charge in [0.2, 0.25) is 15.7 Å². The van der Waals surface area contributed by atoms with Crippen LogP contribution in [-0.4, -0.2) is 37.3 Å². The summed E-state index contributed by atoms with van der Waals surface area (Å²) < 4.78 is 32.8. The summed E-state index contributed by atoms with van der Waals surface area (Å²) in [5.74, 6) is 0.213. The van der Waals surface area contributed by atoms with Gasteiger partial charge in [-0.1, -0.05) is 23.7 Å². The van der Waals surface area contributed by atoms with Gasteiger partial charge in [0, 0.05) is 24.9 Å². The highest BCUT2D eigenvalue weighted by Crippen LogP contribution is 2.28. The Bertz CT molecular complexity index is 1030. The van der Waals surface area contributed by atoms with Gasteiger partial charge in [0.25, 0.3) is 0 Å². The number of methoxy groups -OCH3 is 1. The summed E-state index contributed by atoms with van der Waals surface area (Å²) in [7, 11) is -0.682. The fourth-order valence-electron chi connectivity index (χ4n) is 2.46. The predicted molar refractivity (Wildman–Crippen MR) is 97.6 cm³/mol. The predicted octanol–water partition coefficient (Wildman–Crippen LogP) is 2.48. The average molecular weight is 393 g/mol.